The maximum atomic E-state index is 6.12. The Bertz CT molecular complexity index is 1100. The smallest absolute Gasteiger partial charge is 0.235 e. The summed E-state index contributed by atoms with van der Waals surface area (Å²) < 4.78 is 1.03. The van der Waals surface area contributed by atoms with Crippen LogP contribution in [-0.2, 0) is 0 Å². The van der Waals surface area contributed by atoms with Crippen LogP contribution in [-0.4, -0.2) is 45.1 Å². The normalized spacial score (nSPS) is 27.1. The summed E-state index contributed by atoms with van der Waals surface area (Å²) >= 11 is 7.66. The Morgan fingerprint density at radius 2 is 1.84 bits per heavy atom. The van der Waals surface area contributed by atoms with E-state index in [2.05, 4.69) is 36.2 Å². The number of hydrogen-bond acceptors (Lipinski definition) is 9. The van der Waals surface area contributed by atoms with Crippen LogP contribution in [0.15, 0.2) is 18.2 Å². The summed E-state index contributed by atoms with van der Waals surface area (Å²) in [4.78, 5) is 18.6. The summed E-state index contributed by atoms with van der Waals surface area (Å²) in [5, 5.41) is 15.2. The molecule has 3 heterocycles. The first kappa shape index (κ1) is 19.5. The largest absolute Gasteiger partial charge is 0.351 e. The highest BCUT2D eigenvalue weighted by atomic mass is 35.5. The molecule has 1 saturated heterocycles. The molecule has 4 atom stereocenters. The fraction of sp³-hybridized carbons (Fsp3) is 0.524. The zero-order chi connectivity index (χ0) is 20.8. The van der Waals surface area contributed by atoms with Gasteiger partial charge in [-0.25, -0.2) is 4.98 Å². The Morgan fingerprint density at radius 3 is 2.61 bits per heavy atom. The first-order valence-electron chi connectivity index (χ1n) is 11.0. The molecule has 4 unspecified atom stereocenters. The molecule has 3 aliphatic rings. The van der Waals surface area contributed by atoms with E-state index in [1.54, 1.807) is 0 Å². The molecular formula is C21H25ClN8S. The van der Waals surface area contributed by atoms with Crippen molar-refractivity contribution >= 4 is 56.1 Å². The Hall–Kier alpha value is -2.23. The van der Waals surface area contributed by atoms with Gasteiger partial charge < -0.3 is 16.0 Å². The zero-order valence-corrected chi connectivity index (χ0v) is 18.6. The second kappa shape index (κ2) is 8.03. The fourth-order valence-corrected chi connectivity index (χ4v) is 6.29. The molecule has 0 amide bonds. The number of halogens is 1. The van der Waals surface area contributed by atoms with Crippen LogP contribution in [0.1, 0.15) is 32.1 Å². The lowest BCUT2D eigenvalue weighted by Gasteiger charge is -2.23. The molecule has 2 bridgehead atoms. The highest BCUT2D eigenvalue weighted by Crippen LogP contribution is 2.45. The lowest BCUT2D eigenvalue weighted by atomic mass is 9.95. The van der Waals surface area contributed by atoms with Gasteiger partial charge in [0.25, 0.3) is 0 Å². The molecule has 0 spiro atoms. The SMILES string of the molecule is Clc1ccc2nc(Nc3nc(NC4CCNC4)nc(NC4CC5CCC4C5)n3)sc2c1. The van der Waals surface area contributed by atoms with Crippen molar-refractivity contribution in [3.8, 4) is 0 Å². The molecule has 8 nitrogen and oxygen atoms in total. The molecule has 162 valence electrons. The summed E-state index contributed by atoms with van der Waals surface area (Å²) in [7, 11) is 0. The standard InChI is InChI=1S/C21H25ClN8S/c22-13-3-4-15-17(9-13)31-21(26-15)30-20-28-18(24-14-5-6-23-10-14)27-19(29-20)25-16-8-11-1-2-12(16)7-11/h3-4,9,11-12,14,16,23H,1-2,5-8,10H2,(H3,24,25,26,27,28,29,30). The van der Waals surface area contributed by atoms with Crippen LogP contribution in [0.3, 0.4) is 0 Å². The fourth-order valence-electron chi connectivity index (χ4n) is 5.16. The van der Waals surface area contributed by atoms with Crippen molar-refractivity contribution in [2.75, 3.05) is 29.0 Å². The Labute approximate surface area is 189 Å². The highest BCUT2D eigenvalue weighted by Gasteiger charge is 2.39. The number of thiazole rings is 1. The third kappa shape index (κ3) is 4.14. The van der Waals surface area contributed by atoms with Crippen molar-refractivity contribution in [2.24, 2.45) is 11.8 Å². The number of nitrogens with zero attached hydrogens (tertiary/aromatic N) is 4. The van der Waals surface area contributed by atoms with Gasteiger partial charge in [-0.3, -0.25) is 5.32 Å². The number of nitrogens with one attached hydrogen (secondary N) is 4. The van der Waals surface area contributed by atoms with Gasteiger partial charge in [0.1, 0.15) is 0 Å². The number of fused-ring (bicyclic) bond motifs is 3. The Kier molecular flexibility index (Phi) is 5.04. The number of rotatable bonds is 6. The minimum atomic E-state index is 0.329. The third-order valence-corrected chi connectivity index (χ3v) is 7.82. The van der Waals surface area contributed by atoms with E-state index in [0.29, 0.717) is 35.0 Å². The summed E-state index contributed by atoms with van der Waals surface area (Å²) in [6.45, 7) is 1.93. The number of hydrogen-bond donors (Lipinski definition) is 4. The minimum Gasteiger partial charge on any atom is -0.351 e. The van der Waals surface area contributed by atoms with Gasteiger partial charge in [-0.05, 0) is 62.3 Å². The summed E-state index contributed by atoms with van der Waals surface area (Å²) in [5.41, 5.74) is 0.904. The molecule has 2 aliphatic carbocycles. The van der Waals surface area contributed by atoms with Crippen LogP contribution in [0.5, 0.6) is 0 Å². The van der Waals surface area contributed by atoms with E-state index in [-0.39, 0.29) is 0 Å². The average Bonchev–Trinajstić information content (AvgIpc) is 3.52. The van der Waals surface area contributed by atoms with Gasteiger partial charge >= 0.3 is 0 Å². The van der Waals surface area contributed by atoms with Crippen molar-refractivity contribution in [1.82, 2.24) is 25.3 Å². The van der Waals surface area contributed by atoms with Gasteiger partial charge in [0.05, 0.1) is 10.2 Å². The molecule has 3 fully saturated rings. The van der Waals surface area contributed by atoms with Gasteiger partial charge in [-0.2, -0.15) is 15.0 Å². The first-order chi connectivity index (χ1) is 15.2. The second-order valence-electron chi connectivity index (χ2n) is 8.82. The molecule has 1 aromatic carbocycles. The van der Waals surface area contributed by atoms with Gasteiger partial charge in [-0.15, -0.1) is 0 Å². The molecule has 0 radical (unpaired) electrons. The first-order valence-corrected chi connectivity index (χ1v) is 12.2. The molecule has 1 aliphatic heterocycles. The van der Waals surface area contributed by atoms with E-state index in [1.807, 2.05) is 18.2 Å². The van der Waals surface area contributed by atoms with E-state index in [1.165, 1.54) is 37.0 Å². The maximum absolute atomic E-state index is 6.12. The van der Waals surface area contributed by atoms with Crippen LogP contribution < -0.4 is 21.3 Å². The van der Waals surface area contributed by atoms with Crippen LogP contribution in [0.2, 0.25) is 5.02 Å². The monoisotopic (exact) mass is 456 g/mol. The topological polar surface area (TPSA) is 99.7 Å². The Morgan fingerprint density at radius 1 is 0.968 bits per heavy atom. The Balaban J connectivity index is 1.27. The highest BCUT2D eigenvalue weighted by molar-refractivity contribution is 7.22. The van der Waals surface area contributed by atoms with Gasteiger partial charge in [0.15, 0.2) is 5.13 Å². The molecule has 31 heavy (non-hydrogen) atoms. The van der Waals surface area contributed by atoms with E-state index < -0.39 is 0 Å². The van der Waals surface area contributed by atoms with Gasteiger partial charge in [0.2, 0.25) is 17.8 Å². The van der Waals surface area contributed by atoms with Crippen molar-refractivity contribution in [1.29, 1.82) is 0 Å². The summed E-state index contributed by atoms with van der Waals surface area (Å²) in [5.74, 6) is 3.33. The van der Waals surface area contributed by atoms with Crippen molar-refractivity contribution in [3.63, 3.8) is 0 Å². The third-order valence-electron chi connectivity index (χ3n) is 6.65. The van der Waals surface area contributed by atoms with Crippen LogP contribution in [0.4, 0.5) is 23.0 Å². The van der Waals surface area contributed by atoms with Crippen molar-refractivity contribution < 1.29 is 0 Å². The molecular weight excluding hydrogens is 432 g/mol. The predicted octanol–water partition coefficient (Wildman–Crippen LogP) is 4.25. The number of anilines is 4. The quantitative estimate of drug-likeness (QED) is 0.436. The van der Waals surface area contributed by atoms with Gasteiger partial charge in [0, 0.05) is 23.7 Å². The van der Waals surface area contributed by atoms with E-state index in [4.69, 9.17) is 16.6 Å². The van der Waals surface area contributed by atoms with E-state index >= 15 is 0 Å². The minimum absolute atomic E-state index is 0.329. The second-order valence-corrected chi connectivity index (χ2v) is 10.3. The van der Waals surface area contributed by atoms with Crippen LogP contribution >= 0.6 is 22.9 Å². The van der Waals surface area contributed by atoms with Gasteiger partial charge in [-0.1, -0.05) is 29.4 Å². The molecule has 4 N–H and O–H groups in total. The molecule has 6 rings (SSSR count). The van der Waals surface area contributed by atoms with Crippen molar-refractivity contribution in [3.05, 3.63) is 23.2 Å². The molecule has 2 saturated carbocycles. The number of benzene rings is 1. The summed E-state index contributed by atoms with van der Waals surface area (Å²) in [6.07, 6.45) is 6.29. The van der Waals surface area contributed by atoms with Crippen molar-refractivity contribution in [2.45, 2.75) is 44.2 Å². The lowest BCUT2D eigenvalue weighted by Crippen LogP contribution is -2.28. The maximum Gasteiger partial charge on any atom is 0.235 e. The van der Waals surface area contributed by atoms with E-state index in [9.17, 15) is 0 Å². The molecule has 2 aromatic heterocycles. The molecule has 3 aromatic rings. The molecule has 10 heteroatoms. The number of aromatic nitrogens is 4. The van der Waals surface area contributed by atoms with Crippen LogP contribution in [0, 0.1) is 11.8 Å². The zero-order valence-electron chi connectivity index (χ0n) is 17.1. The predicted molar refractivity (Wildman–Crippen MR) is 125 cm³/mol. The summed E-state index contributed by atoms with van der Waals surface area (Å²) in [6, 6.07) is 6.49. The average molecular weight is 457 g/mol. The lowest BCUT2D eigenvalue weighted by molar-refractivity contribution is 0.438. The van der Waals surface area contributed by atoms with E-state index in [0.717, 1.165) is 46.7 Å². The van der Waals surface area contributed by atoms with Crippen LogP contribution in [0.25, 0.3) is 10.2 Å².